The maximum Gasteiger partial charge on any atom is 0.286 e. The SMILES string of the molecule is CCCCCCCC(C)(CCCCCCC)C1SC(=O)NC1=O. The quantitative estimate of drug-likeness (QED) is 0.414. The number of hydrogen-bond donors (Lipinski definition) is 1. The molecule has 0 bridgehead atoms. The highest BCUT2D eigenvalue weighted by atomic mass is 32.2. The Bertz CT molecular complexity index is 356. The highest BCUT2D eigenvalue weighted by Gasteiger charge is 2.44. The molecule has 4 heteroatoms. The number of thioether (sulfide) groups is 1. The summed E-state index contributed by atoms with van der Waals surface area (Å²) < 4.78 is 0. The molecule has 0 spiro atoms. The fourth-order valence-corrected chi connectivity index (χ4v) is 4.53. The van der Waals surface area contributed by atoms with Gasteiger partial charge < -0.3 is 0 Å². The number of carbonyl (C=O) groups excluding carboxylic acids is 2. The van der Waals surface area contributed by atoms with Gasteiger partial charge in [0.25, 0.3) is 5.24 Å². The van der Waals surface area contributed by atoms with E-state index in [-0.39, 0.29) is 21.8 Å². The van der Waals surface area contributed by atoms with Gasteiger partial charge in [0.1, 0.15) is 0 Å². The predicted octanol–water partition coefficient (Wildman–Crippen LogP) is 6.07. The molecule has 1 saturated heterocycles. The summed E-state index contributed by atoms with van der Waals surface area (Å²) in [7, 11) is 0. The molecule has 0 aliphatic carbocycles. The van der Waals surface area contributed by atoms with Gasteiger partial charge in [-0.3, -0.25) is 14.9 Å². The van der Waals surface area contributed by atoms with Crippen LogP contribution >= 0.6 is 11.8 Å². The maximum atomic E-state index is 12.1. The van der Waals surface area contributed by atoms with E-state index in [0.717, 1.165) is 12.8 Å². The predicted molar refractivity (Wildman–Crippen MR) is 99.8 cm³/mol. The fourth-order valence-electron chi connectivity index (χ4n) is 3.47. The lowest BCUT2D eigenvalue weighted by atomic mass is 9.76. The average Bonchev–Trinajstić information content (AvgIpc) is 2.86. The molecule has 2 amide bonds. The van der Waals surface area contributed by atoms with Crippen molar-refractivity contribution in [3.05, 3.63) is 0 Å². The molecular weight excluding hydrogens is 306 g/mol. The van der Waals surface area contributed by atoms with Crippen LogP contribution in [-0.2, 0) is 4.79 Å². The molecule has 134 valence electrons. The van der Waals surface area contributed by atoms with E-state index >= 15 is 0 Å². The lowest BCUT2D eigenvalue weighted by molar-refractivity contribution is -0.121. The minimum atomic E-state index is -0.188. The third kappa shape index (κ3) is 7.28. The van der Waals surface area contributed by atoms with Crippen LogP contribution in [0.2, 0.25) is 0 Å². The van der Waals surface area contributed by atoms with Crippen LogP contribution in [0, 0.1) is 5.41 Å². The van der Waals surface area contributed by atoms with E-state index in [9.17, 15) is 9.59 Å². The third-order valence-electron chi connectivity index (χ3n) is 5.02. The van der Waals surface area contributed by atoms with Crippen molar-refractivity contribution < 1.29 is 9.59 Å². The number of rotatable bonds is 13. The molecule has 1 aliphatic heterocycles. The molecule has 1 unspecified atom stereocenters. The van der Waals surface area contributed by atoms with Crippen molar-refractivity contribution in [2.75, 3.05) is 0 Å². The molecule has 0 aromatic rings. The van der Waals surface area contributed by atoms with E-state index in [4.69, 9.17) is 0 Å². The fraction of sp³-hybridized carbons (Fsp3) is 0.895. The van der Waals surface area contributed by atoms with Crippen LogP contribution in [0.1, 0.15) is 97.8 Å². The first kappa shape index (κ1) is 20.5. The Morgan fingerprint density at radius 3 is 1.74 bits per heavy atom. The second-order valence-corrected chi connectivity index (χ2v) is 8.33. The Hall–Kier alpha value is -0.510. The van der Waals surface area contributed by atoms with Gasteiger partial charge in [0.15, 0.2) is 0 Å². The molecular formula is C19H35NO2S. The van der Waals surface area contributed by atoms with Crippen LogP contribution in [0.4, 0.5) is 4.79 Å². The molecule has 1 heterocycles. The summed E-state index contributed by atoms with van der Waals surface area (Å²) in [4.78, 5) is 23.7. The van der Waals surface area contributed by atoms with Crippen molar-refractivity contribution in [3.63, 3.8) is 0 Å². The Morgan fingerprint density at radius 2 is 1.35 bits per heavy atom. The Labute approximate surface area is 146 Å². The van der Waals surface area contributed by atoms with Gasteiger partial charge >= 0.3 is 0 Å². The van der Waals surface area contributed by atoms with Crippen LogP contribution in [-0.4, -0.2) is 16.4 Å². The van der Waals surface area contributed by atoms with Gasteiger partial charge in [-0.15, -0.1) is 0 Å². The highest BCUT2D eigenvalue weighted by molar-refractivity contribution is 8.15. The zero-order valence-electron chi connectivity index (χ0n) is 15.3. The van der Waals surface area contributed by atoms with Crippen molar-refractivity contribution in [3.8, 4) is 0 Å². The largest absolute Gasteiger partial charge is 0.286 e. The lowest BCUT2D eigenvalue weighted by Gasteiger charge is -2.33. The topological polar surface area (TPSA) is 46.2 Å². The van der Waals surface area contributed by atoms with Crippen molar-refractivity contribution in [1.29, 1.82) is 0 Å². The molecule has 0 saturated carbocycles. The van der Waals surface area contributed by atoms with Gasteiger partial charge in [-0.25, -0.2) is 0 Å². The molecule has 1 rings (SSSR count). The van der Waals surface area contributed by atoms with Crippen molar-refractivity contribution in [2.45, 2.75) is 103 Å². The Morgan fingerprint density at radius 1 is 0.870 bits per heavy atom. The first-order valence-electron chi connectivity index (χ1n) is 9.55. The van der Waals surface area contributed by atoms with Crippen LogP contribution in [0.3, 0.4) is 0 Å². The van der Waals surface area contributed by atoms with E-state index in [0.29, 0.717) is 0 Å². The summed E-state index contributed by atoms with van der Waals surface area (Å²) >= 11 is 1.22. The maximum absolute atomic E-state index is 12.1. The second kappa shape index (κ2) is 11.1. The number of unbranched alkanes of at least 4 members (excludes halogenated alkanes) is 8. The van der Waals surface area contributed by atoms with Crippen LogP contribution in [0.15, 0.2) is 0 Å². The van der Waals surface area contributed by atoms with Gasteiger partial charge in [0.05, 0.1) is 5.25 Å². The first-order chi connectivity index (χ1) is 11.0. The van der Waals surface area contributed by atoms with Gasteiger partial charge in [0.2, 0.25) is 5.91 Å². The minimum Gasteiger partial charge on any atom is -0.286 e. The van der Waals surface area contributed by atoms with Crippen molar-refractivity contribution in [2.24, 2.45) is 5.41 Å². The van der Waals surface area contributed by atoms with Gasteiger partial charge in [-0.2, -0.15) is 0 Å². The van der Waals surface area contributed by atoms with Crippen LogP contribution < -0.4 is 5.32 Å². The second-order valence-electron chi connectivity index (χ2n) is 7.26. The van der Waals surface area contributed by atoms with E-state index in [1.807, 2.05) is 0 Å². The van der Waals surface area contributed by atoms with Gasteiger partial charge in [0, 0.05) is 0 Å². The monoisotopic (exact) mass is 341 g/mol. The summed E-state index contributed by atoms with van der Waals surface area (Å²) in [6.45, 7) is 6.68. The zero-order valence-corrected chi connectivity index (χ0v) is 16.1. The summed E-state index contributed by atoms with van der Waals surface area (Å²) in [6, 6.07) is 0. The summed E-state index contributed by atoms with van der Waals surface area (Å²) in [5.41, 5.74) is -0.0423. The molecule has 3 nitrogen and oxygen atoms in total. The van der Waals surface area contributed by atoms with Crippen molar-refractivity contribution in [1.82, 2.24) is 5.32 Å². The highest BCUT2D eigenvalue weighted by Crippen LogP contribution is 2.43. The van der Waals surface area contributed by atoms with Crippen LogP contribution in [0.5, 0.6) is 0 Å². The number of hydrogen-bond acceptors (Lipinski definition) is 3. The number of nitrogens with one attached hydrogen (secondary N) is 1. The Kier molecular flexibility index (Phi) is 9.92. The molecule has 0 radical (unpaired) electrons. The summed E-state index contributed by atoms with van der Waals surface area (Å²) in [5, 5.41) is 2.13. The molecule has 1 aliphatic rings. The number of carbonyl (C=O) groups is 2. The van der Waals surface area contributed by atoms with E-state index in [1.165, 1.54) is 76.0 Å². The van der Waals surface area contributed by atoms with Gasteiger partial charge in [-0.1, -0.05) is 96.7 Å². The lowest BCUT2D eigenvalue weighted by Crippen LogP contribution is -2.37. The van der Waals surface area contributed by atoms with E-state index < -0.39 is 0 Å². The van der Waals surface area contributed by atoms with E-state index in [2.05, 4.69) is 26.1 Å². The normalized spacial score (nSPS) is 18.5. The van der Waals surface area contributed by atoms with E-state index in [1.54, 1.807) is 0 Å². The van der Waals surface area contributed by atoms with Crippen LogP contribution in [0.25, 0.3) is 0 Å². The number of amides is 2. The first-order valence-corrected chi connectivity index (χ1v) is 10.4. The zero-order chi connectivity index (χ0) is 17.1. The standard InChI is InChI=1S/C19H35NO2S/c1-4-6-8-10-12-14-19(3,15-13-11-9-7-5-2)16-17(21)20-18(22)23-16/h16H,4-15H2,1-3H3,(H,20,21,22). The molecule has 23 heavy (non-hydrogen) atoms. The molecule has 1 fully saturated rings. The average molecular weight is 342 g/mol. The Balaban J connectivity index is 2.52. The summed E-state index contributed by atoms with van der Waals surface area (Å²) in [6.07, 6.45) is 14.6. The number of imide groups is 1. The molecule has 1 atom stereocenters. The molecule has 0 aromatic carbocycles. The van der Waals surface area contributed by atoms with Gasteiger partial charge in [-0.05, 0) is 18.3 Å². The van der Waals surface area contributed by atoms with Crippen molar-refractivity contribution >= 4 is 22.9 Å². The molecule has 0 aromatic heterocycles. The smallest absolute Gasteiger partial charge is 0.286 e. The summed E-state index contributed by atoms with van der Waals surface area (Å²) in [5.74, 6) is -0.0652. The third-order valence-corrected chi connectivity index (χ3v) is 6.36. The molecule has 1 N–H and O–H groups in total. The minimum absolute atomic E-state index is 0.0423.